The molecule has 1 aromatic heterocycles. The van der Waals surface area contributed by atoms with Gasteiger partial charge in [0.25, 0.3) is 5.91 Å². The highest BCUT2D eigenvalue weighted by Crippen LogP contribution is 2.10. The molecule has 0 radical (unpaired) electrons. The molecule has 3 N–H and O–H groups in total. The van der Waals surface area contributed by atoms with Crippen LogP contribution in [0.1, 0.15) is 36.8 Å². The lowest BCUT2D eigenvalue weighted by molar-refractivity contribution is 0.0902. The van der Waals surface area contributed by atoms with Crippen LogP contribution >= 0.6 is 0 Å². The Kier molecular flexibility index (Phi) is 3.38. The zero-order valence-electron chi connectivity index (χ0n) is 10.5. The van der Waals surface area contributed by atoms with Crippen molar-refractivity contribution >= 4 is 5.91 Å². The van der Waals surface area contributed by atoms with E-state index in [1.54, 1.807) is 17.9 Å². The average Bonchev–Trinajstić information content (AvgIpc) is 2.44. The highest BCUT2D eigenvalue weighted by Gasteiger charge is 2.26. The molecule has 1 heterocycles. The van der Waals surface area contributed by atoms with Crippen LogP contribution in [0.2, 0.25) is 0 Å². The zero-order chi connectivity index (χ0) is 12.5. The first-order valence-electron chi connectivity index (χ1n) is 5.32. The lowest BCUT2D eigenvalue weighted by Crippen LogP contribution is -2.54. The van der Waals surface area contributed by atoms with Crippen LogP contribution in [0, 0.1) is 6.92 Å². The van der Waals surface area contributed by atoms with Gasteiger partial charge in [0.05, 0.1) is 11.3 Å². The number of nitrogens with two attached hydrogens (primary N) is 1. The molecule has 0 spiro atoms. The van der Waals surface area contributed by atoms with Crippen LogP contribution in [0.25, 0.3) is 0 Å². The summed E-state index contributed by atoms with van der Waals surface area (Å²) in [5.74, 6) is -0.132. The van der Waals surface area contributed by atoms with Gasteiger partial charge in [-0.3, -0.25) is 9.48 Å². The largest absolute Gasteiger partial charge is 0.346 e. The van der Waals surface area contributed by atoms with Crippen molar-refractivity contribution in [1.29, 1.82) is 0 Å². The Morgan fingerprint density at radius 2 is 2.19 bits per heavy atom. The van der Waals surface area contributed by atoms with Crippen molar-refractivity contribution in [3.63, 3.8) is 0 Å². The molecule has 16 heavy (non-hydrogen) atoms. The number of nitrogens with zero attached hydrogens (tertiary/aromatic N) is 2. The lowest BCUT2D eigenvalue weighted by Gasteiger charge is -2.30. The smallest absolute Gasteiger partial charge is 0.255 e. The van der Waals surface area contributed by atoms with E-state index in [0.717, 1.165) is 5.69 Å². The van der Waals surface area contributed by atoms with E-state index >= 15 is 0 Å². The summed E-state index contributed by atoms with van der Waals surface area (Å²) in [6.45, 7) is 7.49. The van der Waals surface area contributed by atoms with Gasteiger partial charge >= 0.3 is 0 Å². The van der Waals surface area contributed by atoms with Crippen molar-refractivity contribution in [2.24, 2.45) is 12.8 Å². The van der Waals surface area contributed by atoms with Crippen molar-refractivity contribution in [1.82, 2.24) is 15.1 Å². The minimum absolute atomic E-state index is 0.117. The number of amides is 1. The molecule has 0 aromatic carbocycles. The minimum atomic E-state index is -0.431. The highest BCUT2D eigenvalue weighted by molar-refractivity contribution is 5.95. The van der Waals surface area contributed by atoms with Crippen LogP contribution in [0.3, 0.4) is 0 Å². The normalized spacial score (nSPS) is 13.6. The van der Waals surface area contributed by atoms with Crippen LogP contribution in [-0.2, 0) is 7.05 Å². The number of nitrogens with one attached hydrogen (secondary N) is 1. The molecule has 0 aliphatic rings. The molecule has 1 aromatic rings. The van der Waals surface area contributed by atoms with Gasteiger partial charge in [-0.1, -0.05) is 0 Å². The van der Waals surface area contributed by atoms with E-state index < -0.39 is 5.54 Å². The molecule has 1 unspecified atom stereocenters. The molecule has 90 valence electrons. The number of hydrogen-bond donors (Lipinski definition) is 2. The van der Waals surface area contributed by atoms with Crippen molar-refractivity contribution < 1.29 is 4.79 Å². The van der Waals surface area contributed by atoms with Gasteiger partial charge in [0.1, 0.15) is 0 Å². The van der Waals surface area contributed by atoms with Gasteiger partial charge in [0.15, 0.2) is 0 Å². The average molecular weight is 224 g/mol. The summed E-state index contributed by atoms with van der Waals surface area (Å²) in [6, 6.07) is -0.117. The van der Waals surface area contributed by atoms with Gasteiger partial charge in [-0.2, -0.15) is 5.10 Å². The van der Waals surface area contributed by atoms with E-state index in [9.17, 15) is 4.79 Å². The van der Waals surface area contributed by atoms with Crippen LogP contribution in [0.5, 0.6) is 0 Å². The Morgan fingerprint density at radius 3 is 2.56 bits per heavy atom. The third-order valence-electron chi connectivity index (χ3n) is 2.83. The summed E-state index contributed by atoms with van der Waals surface area (Å²) in [4.78, 5) is 12.0. The molecule has 0 saturated carbocycles. The number of rotatable bonds is 3. The molecule has 1 amide bonds. The van der Waals surface area contributed by atoms with Gasteiger partial charge in [-0.25, -0.2) is 0 Å². The van der Waals surface area contributed by atoms with E-state index in [1.165, 1.54) is 0 Å². The fraction of sp³-hybridized carbons (Fsp3) is 0.636. The summed E-state index contributed by atoms with van der Waals surface area (Å²) >= 11 is 0. The number of hydrogen-bond acceptors (Lipinski definition) is 3. The second-order valence-electron chi connectivity index (χ2n) is 4.77. The molecule has 5 heteroatoms. The molecular formula is C11H20N4O. The van der Waals surface area contributed by atoms with E-state index in [-0.39, 0.29) is 11.9 Å². The van der Waals surface area contributed by atoms with Gasteiger partial charge < -0.3 is 11.1 Å². The summed E-state index contributed by atoms with van der Waals surface area (Å²) in [5.41, 5.74) is 6.69. The lowest BCUT2D eigenvalue weighted by atomic mass is 9.96. The Hall–Kier alpha value is -1.36. The quantitative estimate of drug-likeness (QED) is 0.789. The molecule has 0 saturated heterocycles. The Morgan fingerprint density at radius 1 is 1.62 bits per heavy atom. The number of carbonyl (C=O) groups is 1. The third kappa shape index (κ3) is 2.61. The van der Waals surface area contributed by atoms with Crippen LogP contribution in [-0.4, -0.2) is 27.3 Å². The molecule has 0 fully saturated rings. The topological polar surface area (TPSA) is 72.9 Å². The van der Waals surface area contributed by atoms with E-state index in [2.05, 4.69) is 10.4 Å². The van der Waals surface area contributed by atoms with E-state index in [1.807, 2.05) is 27.7 Å². The Bertz CT molecular complexity index is 393. The minimum Gasteiger partial charge on any atom is -0.346 e. The summed E-state index contributed by atoms with van der Waals surface area (Å²) in [7, 11) is 1.79. The van der Waals surface area contributed by atoms with Crippen molar-refractivity contribution in [3.8, 4) is 0 Å². The monoisotopic (exact) mass is 224 g/mol. The maximum Gasteiger partial charge on any atom is 0.255 e. The molecule has 0 aliphatic carbocycles. The predicted octanol–water partition coefficient (Wildman–Crippen LogP) is 0.584. The zero-order valence-corrected chi connectivity index (χ0v) is 10.5. The van der Waals surface area contributed by atoms with E-state index in [0.29, 0.717) is 5.56 Å². The predicted molar refractivity (Wildman–Crippen MR) is 63.1 cm³/mol. The summed E-state index contributed by atoms with van der Waals surface area (Å²) < 4.78 is 1.63. The van der Waals surface area contributed by atoms with Crippen molar-refractivity contribution in [2.75, 3.05) is 0 Å². The fourth-order valence-electron chi connectivity index (χ4n) is 1.30. The number of carbonyl (C=O) groups excluding carboxylic acids is 1. The van der Waals surface area contributed by atoms with Gasteiger partial charge in [-0.05, 0) is 27.7 Å². The molecule has 1 rings (SSSR count). The summed E-state index contributed by atoms with van der Waals surface area (Å²) in [6.07, 6.45) is 1.71. The number of aryl methyl sites for hydroxylation is 2. The SMILES string of the molecule is Cc1nn(C)cc1C(=O)NC(C)(C)C(C)N. The number of aromatic nitrogens is 2. The van der Waals surface area contributed by atoms with Crippen LogP contribution in [0.15, 0.2) is 6.20 Å². The Labute approximate surface area is 96.0 Å². The highest BCUT2D eigenvalue weighted by atomic mass is 16.1. The van der Waals surface area contributed by atoms with Crippen molar-refractivity contribution in [2.45, 2.75) is 39.3 Å². The first-order chi connectivity index (χ1) is 7.24. The molecule has 5 nitrogen and oxygen atoms in total. The van der Waals surface area contributed by atoms with Crippen LogP contribution in [0.4, 0.5) is 0 Å². The summed E-state index contributed by atoms with van der Waals surface area (Å²) in [5, 5.41) is 7.04. The molecule has 0 bridgehead atoms. The fourth-order valence-corrected chi connectivity index (χ4v) is 1.30. The van der Waals surface area contributed by atoms with Crippen LogP contribution < -0.4 is 11.1 Å². The van der Waals surface area contributed by atoms with Gasteiger partial charge in [0, 0.05) is 24.8 Å². The maximum absolute atomic E-state index is 12.0. The standard InChI is InChI=1S/C11H20N4O/c1-7-9(6-15(5)14-7)10(16)13-11(3,4)8(2)12/h6,8H,12H2,1-5H3,(H,13,16). The van der Waals surface area contributed by atoms with Gasteiger partial charge in [0.2, 0.25) is 0 Å². The Balaban J connectivity index is 2.85. The molecule has 1 atom stereocenters. The van der Waals surface area contributed by atoms with Crippen molar-refractivity contribution in [3.05, 3.63) is 17.5 Å². The van der Waals surface area contributed by atoms with Gasteiger partial charge in [-0.15, -0.1) is 0 Å². The first-order valence-corrected chi connectivity index (χ1v) is 5.32. The third-order valence-corrected chi connectivity index (χ3v) is 2.83. The second-order valence-corrected chi connectivity index (χ2v) is 4.77. The molecule has 0 aliphatic heterocycles. The molecular weight excluding hydrogens is 204 g/mol. The second kappa shape index (κ2) is 4.25. The van der Waals surface area contributed by atoms with E-state index in [4.69, 9.17) is 5.73 Å². The maximum atomic E-state index is 12.0. The first kappa shape index (κ1) is 12.7.